The molecule has 0 bridgehead atoms. The normalized spacial score (nSPS) is 14.2. The van der Waals surface area contributed by atoms with Crippen LogP contribution < -0.4 is 15.1 Å². The number of nitro groups is 1. The Labute approximate surface area is 150 Å². The topological polar surface area (TPSA) is 87.4 Å². The van der Waals surface area contributed by atoms with Gasteiger partial charge >= 0.3 is 5.69 Å². The molecule has 1 fully saturated rings. The maximum absolute atomic E-state index is 13.1. The summed E-state index contributed by atoms with van der Waals surface area (Å²) in [5.41, 5.74) is 0.793. The molecule has 0 saturated carbocycles. The molecule has 9 heteroatoms. The molecule has 2 aromatic rings. The number of aromatic nitrogens is 2. The molecule has 3 rings (SSSR count). The lowest BCUT2D eigenvalue weighted by atomic mass is 10.2. The fraction of sp³-hybridized carbons (Fsp3) is 0.294. The number of nitrogens with zero attached hydrogens (tertiary/aromatic N) is 5. The summed E-state index contributed by atoms with van der Waals surface area (Å²) in [6.07, 6.45) is 2.92. The van der Waals surface area contributed by atoms with Crippen LogP contribution in [0, 0.1) is 15.9 Å². The highest BCUT2D eigenvalue weighted by Crippen LogP contribution is 2.32. The zero-order valence-corrected chi connectivity index (χ0v) is 14.1. The molecule has 0 atom stereocenters. The van der Waals surface area contributed by atoms with Gasteiger partial charge in [0, 0.05) is 38.4 Å². The number of halogens is 1. The molecule has 1 N–H and O–H groups in total. The third-order valence-electron chi connectivity index (χ3n) is 4.17. The van der Waals surface area contributed by atoms with Crippen molar-refractivity contribution in [1.29, 1.82) is 0 Å². The molecule has 8 nitrogen and oxygen atoms in total. The maximum Gasteiger partial charge on any atom is 0.353 e. The Morgan fingerprint density at radius 3 is 2.46 bits per heavy atom. The molecule has 0 spiro atoms. The van der Waals surface area contributed by atoms with Gasteiger partial charge in [-0.3, -0.25) is 10.1 Å². The average Bonchev–Trinajstić information content (AvgIpc) is 2.66. The first-order valence-corrected chi connectivity index (χ1v) is 8.19. The Hall–Kier alpha value is -3.23. The van der Waals surface area contributed by atoms with Crippen molar-refractivity contribution in [2.24, 2.45) is 0 Å². The summed E-state index contributed by atoms with van der Waals surface area (Å²) < 4.78 is 13.1. The fourth-order valence-electron chi connectivity index (χ4n) is 2.90. The standard InChI is InChI=1S/C17H19FN6O2/c1-2-7-19-16-15(24(25)26)17(21-12-20-16)23-10-8-22(9-11-23)14-5-3-13(18)4-6-14/h2-6,12H,1,7-11H2,(H,19,20,21). The highest BCUT2D eigenvalue weighted by molar-refractivity contribution is 5.70. The molecule has 1 saturated heterocycles. The van der Waals surface area contributed by atoms with Gasteiger partial charge in [-0.1, -0.05) is 6.08 Å². The van der Waals surface area contributed by atoms with E-state index in [9.17, 15) is 14.5 Å². The van der Waals surface area contributed by atoms with Crippen LogP contribution in [0.5, 0.6) is 0 Å². The average molecular weight is 358 g/mol. The molecule has 0 aliphatic carbocycles. The van der Waals surface area contributed by atoms with E-state index in [-0.39, 0.29) is 17.3 Å². The molecule has 1 aliphatic heterocycles. The zero-order chi connectivity index (χ0) is 18.5. The molecule has 0 unspecified atom stereocenters. The summed E-state index contributed by atoms with van der Waals surface area (Å²) in [5.74, 6) is 0.208. The van der Waals surface area contributed by atoms with Crippen molar-refractivity contribution < 1.29 is 9.31 Å². The Kier molecular flexibility index (Phi) is 5.26. The number of anilines is 3. The largest absolute Gasteiger partial charge is 0.368 e. The maximum atomic E-state index is 13.1. The van der Waals surface area contributed by atoms with Crippen LogP contribution in [0.3, 0.4) is 0 Å². The third-order valence-corrected chi connectivity index (χ3v) is 4.17. The number of hydrogen-bond acceptors (Lipinski definition) is 7. The Balaban J connectivity index is 1.77. The second kappa shape index (κ2) is 7.77. The Bertz CT molecular complexity index is 790. The Morgan fingerprint density at radius 1 is 1.19 bits per heavy atom. The number of nitrogens with one attached hydrogen (secondary N) is 1. The van der Waals surface area contributed by atoms with Gasteiger partial charge in [0.15, 0.2) is 0 Å². The van der Waals surface area contributed by atoms with Gasteiger partial charge in [-0.05, 0) is 24.3 Å². The van der Waals surface area contributed by atoms with Crippen LogP contribution in [0.2, 0.25) is 0 Å². The van der Waals surface area contributed by atoms with E-state index in [1.807, 2.05) is 4.90 Å². The molecule has 1 aromatic heterocycles. The lowest BCUT2D eigenvalue weighted by Crippen LogP contribution is -2.47. The highest BCUT2D eigenvalue weighted by atomic mass is 19.1. The summed E-state index contributed by atoms with van der Waals surface area (Å²) in [7, 11) is 0. The number of benzene rings is 1. The summed E-state index contributed by atoms with van der Waals surface area (Å²) in [6.45, 7) is 6.40. The van der Waals surface area contributed by atoms with Gasteiger partial charge in [-0.15, -0.1) is 6.58 Å². The summed E-state index contributed by atoms with van der Waals surface area (Å²) in [5, 5.41) is 14.4. The van der Waals surface area contributed by atoms with Crippen LogP contribution in [-0.4, -0.2) is 47.6 Å². The zero-order valence-electron chi connectivity index (χ0n) is 14.1. The van der Waals surface area contributed by atoms with Crippen LogP contribution in [0.25, 0.3) is 0 Å². The van der Waals surface area contributed by atoms with E-state index in [1.54, 1.807) is 18.2 Å². The number of hydrogen-bond donors (Lipinski definition) is 1. The van der Waals surface area contributed by atoms with Crippen molar-refractivity contribution in [1.82, 2.24) is 9.97 Å². The third kappa shape index (κ3) is 3.71. The van der Waals surface area contributed by atoms with Crippen molar-refractivity contribution in [3.8, 4) is 0 Å². The minimum atomic E-state index is -0.465. The highest BCUT2D eigenvalue weighted by Gasteiger charge is 2.29. The fourth-order valence-corrected chi connectivity index (χ4v) is 2.90. The minimum Gasteiger partial charge on any atom is -0.368 e. The van der Waals surface area contributed by atoms with E-state index in [0.29, 0.717) is 38.5 Å². The van der Waals surface area contributed by atoms with Crippen molar-refractivity contribution in [3.05, 3.63) is 59.2 Å². The van der Waals surface area contributed by atoms with Gasteiger partial charge in [-0.25, -0.2) is 14.4 Å². The molecule has 1 aliphatic rings. The van der Waals surface area contributed by atoms with Gasteiger partial charge < -0.3 is 15.1 Å². The summed E-state index contributed by atoms with van der Waals surface area (Å²) >= 11 is 0. The second-order valence-corrected chi connectivity index (χ2v) is 5.77. The quantitative estimate of drug-likeness (QED) is 0.482. The van der Waals surface area contributed by atoms with Crippen LogP contribution in [0.15, 0.2) is 43.2 Å². The van der Waals surface area contributed by atoms with Crippen molar-refractivity contribution in [3.63, 3.8) is 0 Å². The molecule has 0 radical (unpaired) electrons. The predicted molar refractivity (Wildman–Crippen MR) is 98.2 cm³/mol. The molecule has 1 aromatic carbocycles. The lowest BCUT2D eigenvalue weighted by Gasteiger charge is -2.36. The summed E-state index contributed by atoms with van der Waals surface area (Å²) in [6, 6.07) is 6.31. The number of piperazine rings is 1. The van der Waals surface area contributed by atoms with Gasteiger partial charge in [0.2, 0.25) is 11.6 Å². The Morgan fingerprint density at radius 2 is 1.85 bits per heavy atom. The smallest absolute Gasteiger partial charge is 0.353 e. The van der Waals surface area contributed by atoms with E-state index < -0.39 is 4.92 Å². The summed E-state index contributed by atoms with van der Waals surface area (Å²) in [4.78, 5) is 23.2. The van der Waals surface area contributed by atoms with Crippen molar-refractivity contribution >= 4 is 23.0 Å². The molecular weight excluding hydrogens is 339 g/mol. The monoisotopic (exact) mass is 358 g/mol. The van der Waals surface area contributed by atoms with Gasteiger partial charge in [0.05, 0.1) is 4.92 Å². The first-order chi connectivity index (χ1) is 12.6. The van der Waals surface area contributed by atoms with Crippen molar-refractivity contribution in [2.45, 2.75) is 0 Å². The minimum absolute atomic E-state index is 0.135. The predicted octanol–water partition coefficient (Wildman–Crippen LogP) is 2.45. The van der Waals surface area contributed by atoms with Gasteiger partial charge in [-0.2, -0.15) is 0 Å². The first kappa shape index (κ1) is 17.6. The van der Waals surface area contributed by atoms with Crippen LogP contribution >= 0.6 is 0 Å². The number of rotatable bonds is 6. The van der Waals surface area contributed by atoms with E-state index in [2.05, 4.69) is 26.8 Å². The van der Waals surface area contributed by atoms with Crippen molar-refractivity contribution in [2.75, 3.05) is 47.8 Å². The van der Waals surface area contributed by atoms with Gasteiger partial charge in [0.1, 0.15) is 12.1 Å². The second-order valence-electron chi connectivity index (χ2n) is 5.77. The molecule has 136 valence electrons. The van der Waals surface area contributed by atoms with E-state index >= 15 is 0 Å². The first-order valence-electron chi connectivity index (χ1n) is 8.19. The van der Waals surface area contributed by atoms with Crippen LogP contribution in [0.1, 0.15) is 0 Å². The SMILES string of the molecule is C=CCNc1ncnc(N2CCN(c3ccc(F)cc3)CC2)c1[N+](=O)[O-]. The van der Waals surface area contributed by atoms with Gasteiger partial charge in [0.25, 0.3) is 0 Å². The molecule has 0 amide bonds. The van der Waals surface area contributed by atoms with E-state index in [1.165, 1.54) is 18.5 Å². The van der Waals surface area contributed by atoms with E-state index in [4.69, 9.17) is 0 Å². The molecule has 26 heavy (non-hydrogen) atoms. The van der Waals surface area contributed by atoms with Crippen LogP contribution in [-0.2, 0) is 0 Å². The van der Waals surface area contributed by atoms with E-state index in [0.717, 1.165) is 5.69 Å². The molecule has 2 heterocycles. The lowest BCUT2D eigenvalue weighted by molar-refractivity contribution is -0.383. The van der Waals surface area contributed by atoms with Crippen LogP contribution in [0.4, 0.5) is 27.4 Å². The molecular formula is C17H19FN6O2.